The molecule has 15 nitrogen and oxygen atoms in total. The van der Waals surface area contributed by atoms with Gasteiger partial charge in [-0.15, -0.1) is 11.8 Å². The molecule has 322 valence electrons. The van der Waals surface area contributed by atoms with E-state index in [9.17, 15) is 15.2 Å². The van der Waals surface area contributed by atoms with Gasteiger partial charge in [0.25, 0.3) is 5.56 Å². The van der Waals surface area contributed by atoms with Crippen molar-refractivity contribution in [3.63, 3.8) is 0 Å². The maximum Gasteiger partial charge on any atom is 0.321 e. The molecule has 3 atom stereocenters. The maximum atomic E-state index is 13.3. The third-order valence-corrected chi connectivity index (χ3v) is 13.8. The summed E-state index contributed by atoms with van der Waals surface area (Å²) in [5.41, 5.74) is 1.26. The predicted molar refractivity (Wildman–Crippen MR) is 239 cm³/mol. The lowest BCUT2D eigenvalue weighted by atomic mass is 9.84. The molecule has 0 saturated heterocycles. The molecule has 1 aliphatic rings. The van der Waals surface area contributed by atoms with Gasteiger partial charge in [0, 0.05) is 31.9 Å². The number of fused-ring (bicyclic) bond motifs is 1. The molecular formula is C44H53N8O7PS. The fraction of sp³-hybridized carbons (Fsp3) is 0.386. The van der Waals surface area contributed by atoms with Gasteiger partial charge < -0.3 is 33.3 Å². The minimum absolute atomic E-state index is 0.0276. The number of hydrogen-bond acceptors (Lipinski definition) is 13. The van der Waals surface area contributed by atoms with Crippen LogP contribution in [0.15, 0.2) is 106 Å². The molecule has 17 heteroatoms. The number of imidazole rings is 1. The van der Waals surface area contributed by atoms with E-state index in [1.165, 1.54) is 17.2 Å². The summed E-state index contributed by atoms with van der Waals surface area (Å²) in [6.45, 7) is 10.1. The minimum atomic E-state index is -1.90. The summed E-state index contributed by atoms with van der Waals surface area (Å²) in [4.78, 5) is 30.9. The van der Waals surface area contributed by atoms with Crippen molar-refractivity contribution in [2.75, 3.05) is 40.7 Å². The summed E-state index contributed by atoms with van der Waals surface area (Å²) in [6, 6.07) is 28.3. The average Bonchev–Trinajstić information content (AvgIpc) is 3.78. The summed E-state index contributed by atoms with van der Waals surface area (Å²) < 4.78 is 34.2. The molecule has 1 aliphatic heterocycles. The first-order valence-electron chi connectivity index (χ1n) is 19.8. The van der Waals surface area contributed by atoms with Gasteiger partial charge in [0.05, 0.1) is 50.7 Å². The van der Waals surface area contributed by atoms with Crippen molar-refractivity contribution in [3.8, 4) is 17.6 Å². The molecule has 0 amide bonds. The van der Waals surface area contributed by atoms with E-state index in [0.29, 0.717) is 11.5 Å². The molecule has 3 aromatic carbocycles. The summed E-state index contributed by atoms with van der Waals surface area (Å²) >= 11 is 1.60. The number of nitrogens with zero attached hydrogens (tertiary/aromatic N) is 7. The summed E-state index contributed by atoms with van der Waals surface area (Å²) in [5.74, 6) is 1.59. The Morgan fingerprint density at radius 2 is 1.61 bits per heavy atom. The molecule has 5 aromatic rings. The number of benzene rings is 3. The first-order chi connectivity index (χ1) is 29.3. The highest BCUT2D eigenvalue weighted by Crippen LogP contribution is 2.57. The number of H-pyrrole nitrogens is 1. The summed E-state index contributed by atoms with van der Waals surface area (Å²) in [5, 5.41) is 21.9. The number of rotatable bonds is 19. The Bertz CT molecular complexity index is 2360. The highest BCUT2D eigenvalue weighted by molar-refractivity contribution is 8.00. The number of hydrogen-bond donors (Lipinski definition) is 2. The Morgan fingerprint density at radius 3 is 2.15 bits per heavy atom. The number of nitrogens with one attached hydrogen (secondary N) is 1. The number of aliphatic hydroxyl groups is 1. The van der Waals surface area contributed by atoms with Crippen molar-refractivity contribution in [2.24, 2.45) is 4.99 Å². The van der Waals surface area contributed by atoms with Gasteiger partial charge >= 0.3 is 8.53 Å². The van der Waals surface area contributed by atoms with Gasteiger partial charge in [-0.25, -0.2) is 14.6 Å². The fourth-order valence-corrected chi connectivity index (χ4v) is 10.5. The van der Waals surface area contributed by atoms with Crippen LogP contribution in [0.5, 0.6) is 11.5 Å². The third kappa shape index (κ3) is 9.56. The van der Waals surface area contributed by atoms with Crippen LogP contribution in [-0.4, -0.2) is 98.9 Å². The topological polar surface area (TPSA) is 173 Å². The van der Waals surface area contributed by atoms with E-state index in [0.717, 1.165) is 16.7 Å². The van der Waals surface area contributed by atoms with Crippen molar-refractivity contribution in [1.82, 2.24) is 29.1 Å². The van der Waals surface area contributed by atoms with Crippen LogP contribution in [-0.2, 0) is 18.5 Å². The first kappa shape index (κ1) is 45.1. The zero-order valence-corrected chi connectivity index (χ0v) is 37.6. The van der Waals surface area contributed by atoms with Crippen molar-refractivity contribution in [3.05, 3.63) is 124 Å². The van der Waals surface area contributed by atoms with Crippen LogP contribution < -0.4 is 15.0 Å². The van der Waals surface area contributed by atoms with Crippen LogP contribution in [0.4, 0.5) is 5.95 Å². The van der Waals surface area contributed by atoms with Crippen molar-refractivity contribution < 1.29 is 28.4 Å². The molecule has 0 fully saturated rings. The molecule has 61 heavy (non-hydrogen) atoms. The zero-order chi connectivity index (χ0) is 43.9. The minimum Gasteiger partial charge on any atom is -0.505 e. The van der Waals surface area contributed by atoms with E-state index < -0.39 is 30.7 Å². The van der Waals surface area contributed by atoms with Crippen LogP contribution in [0.2, 0.25) is 0 Å². The Labute approximate surface area is 362 Å². The van der Waals surface area contributed by atoms with E-state index in [4.69, 9.17) is 23.3 Å². The van der Waals surface area contributed by atoms with Crippen molar-refractivity contribution in [1.29, 1.82) is 5.26 Å². The van der Waals surface area contributed by atoms with E-state index in [1.54, 1.807) is 45.0 Å². The Morgan fingerprint density at radius 1 is 1.02 bits per heavy atom. The number of thioether (sulfide) groups is 1. The summed E-state index contributed by atoms with van der Waals surface area (Å²) in [7, 11) is 4.98. The molecule has 0 bridgehead atoms. The second kappa shape index (κ2) is 19.5. The normalized spacial score (nSPS) is 17.5. The van der Waals surface area contributed by atoms with Gasteiger partial charge in [-0.2, -0.15) is 10.2 Å². The molecule has 0 saturated carbocycles. The maximum absolute atomic E-state index is 13.3. The second-order valence-electron chi connectivity index (χ2n) is 15.3. The van der Waals surface area contributed by atoms with Crippen LogP contribution in [0, 0.1) is 11.3 Å². The van der Waals surface area contributed by atoms with Gasteiger partial charge in [-0.05, 0) is 75.6 Å². The van der Waals surface area contributed by atoms with Gasteiger partial charge in [0.1, 0.15) is 17.1 Å². The molecule has 0 aliphatic carbocycles. The van der Waals surface area contributed by atoms with E-state index in [-0.39, 0.29) is 59.5 Å². The number of aromatic nitrogens is 4. The molecule has 2 aromatic heterocycles. The lowest BCUT2D eigenvalue weighted by Crippen LogP contribution is -2.38. The lowest BCUT2D eigenvalue weighted by Gasteiger charge is -2.40. The van der Waals surface area contributed by atoms with Gasteiger partial charge in [0.2, 0.25) is 5.95 Å². The number of aromatic amines is 1. The molecule has 2 N–H and O–H groups in total. The first-order valence-corrected chi connectivity index (χ1v) is 21.9. The SMILES string of the molecule is COc1ccc(C(SCC2(C)OC(n3cnc4c(=O)[nH]c(/N=C/N(C)C)nc43)C(O)=C2OP(OCCC#N)N(C(C)C)C(C)C)(c2ccccc2)c2ccc(OC)cc2)cc1. The fourth-order valence-electron chi connectivity index (χ4n) is 7.17. The average molecular weight is 869 g/mol. The molecule has 3 heterocycles. The Kier molecular flexibility index (Phi) is 14.4. The third-order valence-electron chi connectivity index (χ3n) is 9.97. The molecule has 0 radical (unpaired) electrons. The standard InChI is InChI=1S/C44H53N8O7PS/c1-29(2)52(30(3)4)60(57-25-13-24-45)59-38-37(53)41(51-28-46-36-39(51)48-42(49-40(36)54)47-27-50(6)7)58-43(38,5)26-61-44(31-14-11-10-12-15-31,32-16-20-34(55-8)21-17-32)33-18-22-35(56-9)23-19-33/h10-12,14-23,27-30,41,53H,13,25-26H2,1-9H3,(H,48,49,54)/b47-27+. The number of aliphatic hydroxyl groups excluding tert-OH is 1. The van der Waals surface area contributed by atoms with E-state index >= 15 is 0 Å². The second-order valence-corrected chi connectivity index (χ2v) is 17.8. The van der Waals surface area contributed by atoms with Crippen molar-refractivity contribution >= 4 is 43.7 Å². The molecule has 0 spiro atoms. The number of nitriles is 1. The quantitative estimate of drug-likeness (QED) is 0.0267. The van der Waals surface area contributed by atoms with Crippen LogP contribution in [0.1, 0.15) is 64.0 Å². The zero-order valence-electron chi connectivity index (χ0n) is 35.9. The van der Waals surface area contributed by atoms with Crippen LogP contribution in [0.3, 0.4) is 0 Å². The predicted octanol–water partition coefficient (Wildman–Crippen LogP) is 8.43. The van der Waals surface area contributed by atoms with E-state index in [2.05, 4.69) is 67.1 Å². The van der Waals surface area contributed by atoms with Crippen LogP contribution in [0.25, 0.3) is 11.2 Å². The molecular weight excluding hydrogens is 816 g/mol. The van der Waals surface area contributed by atoms with Gasteiger partial charge in [0.15, 0.2) is 28.9 Å². The lowest BCUT2D eigenvalue weighted by molar-refractivity contribution is -0.0572. The van der Waals surface area contributed by atoms with Crippen molar-refractivity contribution in [2.45, 2.75) is 69.7 Å². The largest absolute Gasteiger partial charge is 0.505 e. The summed E-state index contributed by atoms with van der Waals surface area (Å²) in [6.07, 6.45) is 1.85. The number of ether oxygens (including phenoxy) is 3. The Hall–Kier alpha value is -5.43. The molecule has 6 rings (SSSR count). The highest BCUT2D eigenvalue weighted by atomic mass is 32.2. The molecule has 3 unspecified atom stereocenters. The van der Waals surface area contributed by atoms with E-state index in [1.807, 2.05) is 77.1 Å². The monoisotopic (exact) mass is 868 g/mol. The number of methoxy groups -OCH3 is 2. The smallest absolute Gasteiger partial charge is 0.321 e. The highest BCUT2D eigenvalue weighted by Gasteiger charge is 2.51. The van der Waals surface area contributed by atoms with Gasteiger partial charge in [-0.3, -0.25) is 14.3 Å². The Balaban J connectivity index is 1.53. The van der Waals surface area contributed by atoms with Gasteiger partial charge in [-0.1, -0.05) is 54.6 Å². The number of aliphatic imine (C=N–C) groups is 1. The van der Waals surface area contributed by atoms with Crippen LogP contribution >= 0.6 is 20.3 Å².